The molecule has 0 aliphatic rings. The number of amides is 1. The molecule has 0 aliphatic carbocycles. The normalized spacial score (nSPS) is 10.9. The first kappa shape index (κ1) is 10.7. The van der Waals surface area contributed by atoms with Crippen LogP contribution in [-0.4, -0.2) is 20.4 Å². The van der Waals surface area contributed by atoms with E-state index in [1.807, 2.05) is 16.0 Å². The van der Waals surface area contributed by atoms with E-state index in [4.69, 9.17) is 11.5 Å². The molecule has 0 radical (unpaired) electrons. The summed E-state index contributed by atoms with van der Waals surface area (Å²) in [7, 11) is 0. The molecular weight excluding hydrogens is 250 g/mol. The smallest absolute Gasteiger partial charge is 0.258 e. The van der Waals surface area contributed by atoms with Crippen LogP contribution >= 0.6 is 11.3 Å². The third-order valence-corrected chi connectivity index (χ3v) is 3.53. The van der Waals surface area contributed by atoms with E-state index < -0.39 is 5.91 Å². The monoisotopic (exact) mass is 259 g/mol. The van der Waals surface area contributed by atoms with Crippen LogP contribution in [0.3, 0.4) is 0 Å². The summed E-state index contributed by atoms with van der Waals surface area (Å²) in [5.74, 6) is -0.0477. The van der Waals surface area contributed by atoms with Crippen molar-refractivity contribution in [3.8, 4) is 5.69 Å². The van der Waals surface area contributed by atoms with Crippen molar-refractivity contribution < 1.29 is 4.79 Å². The maximum absolute atomic E-state index is 11.1. The molecule has 0 saturated heterocycles. The molecule has 0 fully saturated rings. The fraction of sp³-hybridized carbons (Fsp3) is 0. The van der Waals surface area contributed by atoms with E-state index in [-0.39, 0.29) is 0 Å². The van der Waals surface area contributed by atoms with Gasteiger partial charge in [-0.15, -0.1) is 11.3 Å². The number of nitrogen functional groups attached to an aromatic ring is 1. The molecule has 3 aromatic rings. The lowest BCUT2D eigenvalue weighted by Gasteiger charge is -2.00. The highest BCUT2D eigenvalue weighted by Crippen LogP contribution is 2.24. The van der Waals surface area contributed by atoms with E-state index in [0.29, 0.717) is 16.2 Å². The number of carbonyl (C=O) groups is 1. The number of pyridine rings is 1. The molecule has 7 heteroatoms. The SMILES string of the molecule is NC(=O)c1cc(-n2cnc3c(N)nccc32)cs1. The molecule has 3 aromatic heterocycles. The highest BCUT2D eigenvalue weighted by Gasteiger charge is 2.10. The quantitative estimate of drug-likeness (QED) is 0.721. The molecule has 3 heterocycles. The van der Waals surface area contributed by atoms with E-state index in [0.717, 1.165) is 11.2 Å². The number of thiophene rings is 1. The standard InChI is InChI=1S/C11H9N5OS/c12-10-9-7(1-2-14-10)16(5-15-9)6-3-8(11(13)17)18-4-6/h1-5H,(H2,12,14)(H2,13,17). The summed E-state index contributed by atoms with van der Waals surface area (Å²) in [6.45, 7) is 0. The fourth-order valence-corrected chi connectivity index (χ4v) is 2.49. The minimum Gasteiger partial charge on any atom is -0.382 e. The Labute approximate surface area is 106 Å². The molecule has 0 saturated carbocycles. The Kier molecular flexibility index (Phi) is 2.27. The van der Waals surface area contributed by atoms with E-state index in [9.17, 15) is 4.79 Å². The molecule has 1 amide bonds. The number of primary amides is 1. The number of carbonyl (C=O) groups excluding carboxylic acids is 1. The highest BCUT2D eigenvalue weighted by molar-refractivity contribution is 7.12. The molecule has 0 spiro atoms. The van der Waals surface area contributed by atoms with Crippen molar-refractivity contribution >= 4 is 34.1 Å². The summed E-state index contributed by atoms with van der Waals surface area (Å²) in [4.78, 5) is 19.8. The van der Waals surface area contributed by atoms with Gasteiger partial charge in [0.2, 0.25) is 0 Å². The van der Waals surface area contributed by atoms with Gasteiger partial charge in [-0.25, -0.2) is 9.97 Å². The summed E-state index contributed by atoms with van der Waals surface area (Å²) in [5, 5.41) is 1.85. The topological polar surface area (TPSA) is 99.8 Å². The van der Waals surface area contributed by atoms with Crippen LogP contribution in [0.4, 0.5) is 5.82 Å². The molecule has 0 bridgehead atoms. The number of nitrogens with two attached hydrogens (primary N) is 2. The van der Waals surface area contributed by atoms with Gasteiger partial charge in [-0.1, -0.05) is 0 Å². The van der Waals surface area contributed by atoms with Gasteiger partial charge in [0.15, 0.2) is 5.82 Å². The number of hydrogen-bond donors (Lipinski definition) is 2. The average molecular weight is 259 g/mol. The summed E-state index contributed by atoms with van der Waals surface area (Å²) in [5.41, 5.74) is 13.3. The maximum atomic E-state index is 11.1. The van der Waals surface area contributed by atoms with Gasteiger partial charge in [0.1, 0.15) is 11.8 Å². The number of imidazole rings is 1. The molecule has 90 valence electrons. The number of fused-ring (bicyclic) bond motifs is 1. The molecule has 18 heavy (non-hydrogen) atoms. The lowest BCUT2D eigenvalue weighted by Crippen LogP contribution is -2.08. The fourth-order valence-electron chi connectivity index (χ4n) is 1.75. The van der Waals surface area contributed by atoms with Crippen molar-refractivity contribution in [1.29, 1.82) is 0 Å². The third kappa shape index (κ3) is 1.52. The van der Waals surface area contributed by atoms with Crippen molar-refractivity contribution in [2.24, 2.45) is 5.73 Å². The van der Waals surface area contributed by atoms with Crippen molar-refractivity contribution in [3.05, 3.63) is 34.9 Å². The Morgan fingerprint density at radius 3 is 2.94 bits per heavy atom. The van der Waals surface area contributed by atoms with Gasteiger partial charge in [-0.05, 0) is 12.1 Å². The molecule has 3 rings (SSSR count). The maximum Gasteiger partial charge on any atom is 0.258 e. The van der Waals surface area contributed by atoms with Crippen molar-refractivity contribution in [3.63, 3.8) is 0 Å². The van der Waals surface area contributed by atoms with Crippen LogP contribution in [0.2, 0.25) is 0 Å². The lowest BCUT2D eigenvalue weighted by atomic mass is 10.3. The average Bonchev–Trinajstić information content (AvgIpc) is 2.94. The van der Waals surface area contributed by atoms with Gasteiger partial charge in [0.25, 0.3) is 5.91 Å². The zero-order valence-corrected chi connectivity index (χ0v) is 10.0. The van der Waals surface area contributed by atoms with Crippen LogP contribution in [0.15, 0.2) is 30.0 Å². The predicted molar refractivity (Wildman–Crippen MR) is 69.7 cm³/mol. The van der Waals surface area contributed by atoms with E-state index in [1.54, 1.807) is 18.6 Å². The zero-order valence-electron chi connectivity index (χ0n) is 9.20. The van der Waals surface area contributed by atoms with Gasteiger partial charge < -0.3 is 11.5 Å². The van der Waals surface area contributed by atoms with Crippen LogP contribution in [0.1, 0.15) is 9.67 Å². The molecule has 0 aromatic carbocycles. The van der Waals surface area contributed by atoms with Crippen LogP contribution in [-0.2, 0) is 0 Å². The van der Waals surface area contributed by atoms with Crippen molar-refractivity contribution in [2.75, 3.05) is 5.73 Å². The molecular formula is C11H9N5OS. The summed E-state index contributed by atoms with van der Waals surface area (Å²) in [6, 6.07) is 3.55. The molecule has 4 N–H and O–H groups in total. The van der Waals surface area contributed by atoms with E-state index >= 15 is 0 Å². The van der Waals surface area contributed by atoms with E-state index in [2.05, 4.69) is 9.97 Å². The Morgan fingerprint density at radius 1 is 1.39 bits per heavy atom. The highest BCUT2D eigenvalue weighted by atomic mass is 32.1. The van der Waals surface area contributed by atoms with Crippen LogP contribution in [0, 0.1) is 0 Å². The lowest BCUT2D eigenvalue weighted by molar-refractivity contribution is 0.100. The summed E-state index contributed by atoms with van der Waals surface area (Å²) in [6.07, 6.45) is 3.27. The third-order valence-electron chi connectivity index (χ3n) is 2.60. The van der Waals surface area contributed by atoms with Crippen molar-refractivity contribution in [1.82, 2.24) is 14.5 Å². The zero-order chi connectivity index (χ0) is 12.7. The Hall–Kier alpha value is -2.41. The minimum atomic E-state index is -0.433. The molecule has 0 aliphatic heterocycles. The predicted octanol–water partition coefficient (Wildman–Crippen LogP) is 1.16. The number of aromatic nitrogens is 3. The van der Waals surface area contributed by atoms with E-state index in [1.165, 1.54) is 11.3 Å². The number of hydrogen-bond acceptors (Lipinski definition) is 5. The number of anilines is 1. The molecule has 0 atom stereocenters. The first-order valence-corrected chi connectivity index (χ1v) is 6.01. The second kappa shape index (κ2) is 3.81. The van der Waals surface area contributed by atoms with Crippen molar-refractivity contribution in [2.45, 2.75) is 0 Å². The number of rotatable bonds is 2. The van der Waals surface area contributed by atoms with Crippen LogP contribution in [0.25, 0.3) is 16.7 Å². The number of nitrogens with zero attached hydrogens (tertiary/aromatic N) is 3. The van der Waals surface area contributed by atoms with Crippen LogP contribution < -0.4 is 11.5 Å². The van der Waals surface area contributed by atoms with Gasteiger partial charge in [0, 0.05) is 11.6 Å². The Bertz CT molecular complexity index is 745. The Morgan fingerprint density at radius 2 is 2.22 bits per heavy atom. The summed E-state index contributed by atoms with van der Waals surface area (Å²) >= 11 is 1.30. The Balaban J connectivity index is 2.19. The molecule has 6 nitrogen and oxygen atoms in total. The molecule has 0 unspecified atom stereocenters. The van der Waals surface area contributed by atoms with Gasteiger partial charge in [-0.2, -0.15) is 0 Å². The van der Waals surface area contributed by atoms with Gasteiger partial charge in [0.05, 0.1) is 16.1 Å². The van der Waals surface area contributed by atoms with Crippen LogP contribution in [0.5, 0.6) is 0 Å². The second-order valence-corrected chi connectivity index (χ2v) is 4.62. The van der Waals surface area contributed by atoms with Gasteiger partial charge >= 0.3 is 0 Å². The van der Waals surface area contributed by atoms with Gasteiger partial charge in [-0.3, -0.25) is 9.36 Å². The minimum absolute atomic E-state index is 0.386. The second-order valence-electron chi connectivity index (χ2n) is 3.71. The first-order valence-electron chi connectivity index (χ1n) is 5.13. The first-order chi connectivity index (χ1) is 8.66. The largest absolute Gasteiger partial charge is 0.382 e. The summed E-state index contributed by atoms with van der Waals surface area (Å²) < 4.78 is 1.84.